The van der Waals surface area contributed by atoms with Crippen molar-refractivity contribution in [3.05, 3.63) is 48.3 Å². The Morgan fingerprint density at radius 2 is 2.06 bits per heavy atom. The third-order valence-electron chi connectivity index (χ3n) is 2.77. The Morgan fingerprint density at radius 3 is 2.94 bits per heavy atom. The van der Waals surface area contributed by atoms with Crippen molar-refractivity contribution in [2.24, 2.45) is 5.73 Å². The van der Waals surface area contributed by atoms with Gasteiger partial charge in [0.05, 0.1) is 11.6 Å². The van der Waals surface area contributed by atoms with Crippen molar-refractivity contribution in [1.29, 1.82) is 0 Å². The lowest BCUT2D eigenvalue weighted by atomic mass is 10.0. The first-order chi connectivity index (χ1) is 8.40. The van der Waals surface area contributed by atoms with Crippen LogP contribution >= 0.6 is 0 Å². The van der Waals surface area contributed by atoms with Gasteiger partial charge in [-0.2, -0.15) is 0 Å². The number of hydrogen-bond acceptors (Lipinski definition) is 4. The molecular formula is C13H11N3O. The maximum atomic E-state index is 5.73. The zero-order valence-electron chi connectivity index (χ0n) is 9.13. The summed E-state index contributed by atoms with van der Waals surface area (Å²) in [4.78, 5) is 4.00. The summed E-state index contributed by atoms with van der Waals surface area (Å²) in [6, 6.07) is 9.83. The molecular weight excluding hydrogens is 214 g/mol. The maximum absolute atomic E-state index is 5.73. The monoisotopic (exact) mass is 225 g/mol. The molecule has 0 aliphatic carbocycles. The third-order valence-corrected chi connectivity index (χ3v) is 2.77. The summed E-state index contributed by atoms with van der Waals surface area (Å²) in [7, 11) is 0. The molecule has 0 amide bonds. The molecule has 2 N–H and O–H groups in total. The first-order valence-electron chi connectivity index (χ1n) is 5.38. The van der Waals surface area contributed by atoms with E-state index >= 15 is 0 Å². The van der Waals surface area contributed by atoms with Crippen molar-refractivity contribution in [3.63, 3.8) is 0 Å². The minimum absolute atomic E-state index is 0.482. The van der Waals surface area contributed by atoms with Crippen LogP contribution in [0.4, 0.5) is 0 Å². The van der Waals surface area contributed by atoms with E-state index in [1.165, 1.54) is 0 Å². The molecule has 2 aromatic heterocycles. The Labute approximate surface area is 98.1 Å². The zero-order valence-corrected chi connectivity index (χ0v) is 9.13. The topological polar surface area (TPSA) is 64.9 Å². The predicted octanol–water partition coefficient (Wildman–Crippen LogP) is 2.35. The molecule has 1 aromatic carbocycles. The highest BCUT2D eigenvalue weighted by Gasteiger charge is 2.12. The molecule has 3 aromatic rings. The van der Waals surface area contributed by atoms with Crippen molar-refractivity contribution in [2.75, 3.05) is 0 Å². The lowest BCUT2D eigenvalue weighted by Gasteiger charge is -2.03. The molecule has 0 fully saturated rings. The highest BCUT2D eigenvalue weighted by molar-refractivity contribution is 5.91. The second-order valence-corrected chi connectivity index (χ2v) is 3.76. The van der Waals surface area contributed by atoms with E-state index in [1.54, 1.807) is 12.4 Å². The molecule has 0 spiro atoms. The van der Waals surface area contributed by atoms with Gasteiger partial charge in [0, 0.05) is 18.3 Å². The molecule has 0 saturated carbocycles. The predicted molar refractivity (Wildman–Crippen MR) is 65.1 cm³/mol. The van der Waals surface area contributed by atoms with Gasteiger partial charge in [0.1, 0.15) is 5.69 Å². The van der Waals surface area contributed by atoms with Gasteiger partial charge < -0.3 is 10.3 Å². The molecule has 4 nitrogen and oxygen atoms in total. The van der Waals surface area contributed by atoms with Crippen molar-refractivity contribution >= 4 is 11.0 Å². The van der Waals surface area contributed by atoms with E-state index in [-0.39, 0.29) is 0 Å². The second kappa shape index (κ2) is 3.99. The van der Waals surface area contributed by atoms with E-state index < -0.39 is 0 Å². The Morgan fingerprint density at radius 1 is 1.18 bits per heavy atom. The summed E-state index contributed by atoms with van der Waals surface area (Å²) >= 11 is 0. The summed E-state index contributed by atoms with van der Waals surface area (Å²) in [5.74, 6) is 0. The fraction of sp³-hybridized carbons (Fsp3) is 0.0769. The van der Waals surface area contributed by atoms with E-state index in [2.05, 4.69) is 10.1 Å². The Hall–Kier alpha value is -2.20. The molecule has 0 aliphatic heterocycles. The van der Waals surface area contributed by atoms with Crippen LogP contribution in [-0.2, 0) is 6.54 Å². The van der Waals surface area contributed by atoms with Crippen LogP contribution in [0.3, 0.4) is 0 Å². The second-order valence-electron chi connectivity index (χ2n) is 3.76. The van der Waals surface area contributed by atoms with E-state index in [0.717, 1.165) is 22.2 Å². The fourth-order valence-corrected chi connectivity index (χ4v) is 1.92. The molecule has 4 heteroatoms. The van der Waals surface area contributed by atoms with E-state index in [4.69, 9.17) is 10.3 Å². The van der Waals surface area contributed by atoms with Gasteiger partial charge in [0.2, 0.25) is 0 Å². The average molecular weight is 225 g/mol. The zero-order chi connectivity index (χ0) is 11.7. The Balaban J connectivity index is 2.27. The van der Waals surface area contributed by atoms with Gasteiger partial charge in [-0.1, -0.05) is 29.4 Å². The minimum atomic E-state index is 0.482. The number of nitrogens with two attached hydrogens (primary N) is 1. The molecule has 2 heterocycles. The van der Waals surface area contributed by atoms with Crippen molar-refractivity contribution < 1.29 is 4.52 Å². The lowest BCUT2D eigenvalue weighted by Crippen LogP contribution is -1.98. The number of pyridine rings is 1. The van der Waals surface area contributed by atoms with Crippen molar-refractivity contribution in [3.8, 4) is 11.3 Å². The molecule has 0 unspecified atom stereocenters. The van der Waals surface area contributed by atoms with Gasteiger partial charge in [-0.05, 0) is 11.6 Å². The van der Waals surface area contributed by atoms with Gasteiger partial charge in [-0.15, -0.1) is 0 Å². The smallest absolute Gasteiger partial charge is 0.185 e. The minimum Gasteiger partial charge on any atom is -0.354 e. The quantitative estimate of drug-likeness (QED) is 0.727. The highest BCUT2D eigenvalue weighted by Crippen LogP contribution is 2.29. The summed E-state index contributed by atoms with van der Waals surface area (Å²) in [6.45, 7) is 0.482. The van der Waals surface area contributed by atoms with Gasteiger partial charge >= 0.3 is 0 Å². The van der Waals surface area contributed by atoms with Crippen molar-refractivity contribution in [2.45, 2.75) is 6.54 Å². The maximum Gasteiger partial charge on any atom is 0.185 e. The Kier molecular flexibility index (Phi) is 2.34. The number of rotatable bonds is 2. The summed E-state index contributed by atoms with van der Waals surface area (Å²) in [5, 5.41) is 5.06. The lowest BCUT2D eigenvalue weighted by molar-refractivity contribution is 0.458. The average Bonchev–Trinajstić information content (AvgIpc) is 2.82. The van der Waals surface area contributed by atoms with Crippen LogP contribution in [0.25, 0.3) is 22.2 Å². The molecule has 0 saturated heterocycles. The van der Waals surface area contributed by atoms with Gasteiger partial charge in [0.25, 0.3) is 0 Å². The number of aromatic nitrogens is 2. The van der Waals surface area contributed by atoms with Gasteiger partial charge in [-0.3, -0.25) is 4.98 Å². The van der Waals surface area contributed by atoms with Gasteiger partial charge in [-0.25, -0.2) is 0 Å². The first-order valence-corrected chi connectivity index (χ1v) is 5.38. The molecule has 3 rings (SSSR count). The SMILES string of the molecule is NCc1ccccc1-c1noc2cnccc12. The summed E-state index contributed by atoms with van der Waals surface area (Å²) < 4.78 is 5.25. The first kappa shape index (κ1) is 9.99. The van der Waals surface area contributed by atoms with Gasteiger partial charge in [0.15, 0.2) is 5.58 Å². The van der Waals surface area contributed by atoms with Crippen LogP contribution in [0.1, 0.15) is 5.56 Å². The molecule has 0 atom stereocenters. The number of benzene rings is 1. The largest absolute Gasteiger partial charge is 0.354 e. The molecule has 0 radical (unpaired) electrons. The Bertz CT molecular complexity index is 660. The van der Waals surface area contributed by atoms with E-state index in [1.807, 2.05) is 30.3 Å². The van der Waals surface area contributed by atoms with Crippen LogP contribution < -0.4 is 5.73 Å². The summed E-state index contributed by atoms with van der Waals surface area (Å²) in [6.07, 6.45) is 3.39. The number of hydrogen-bond donors (Lipinski definition) is 1. The molecule has 0 bridgehead atoms. The molecule has 84 valence electrons. The molecule has 0 aliphatic rings. The molecule has 17 heavy (non-hydrogen) atoms. The highest BCUT2D eigenvalue weighted by atomic mass is 16.5. The number of nitrogens with zero attached hydrogens (tertiary/aromatic N) is 2. The normalized spacial score (nSPS) is 10.9. The van der Waals surface area contributed by atoms with Crippen LogP contribution in [-0.4, -0.2) is 10.1 Å². The van der Waals surface area contributed by atoms with E-state index in [9.17, 15) is 0 Å². The fourth-order valence-electron chi connectivity index (χ4n) is 1.92. The van der Waals surface area contributed by atoms with E-state index in [0.29, 0.717) is 12.1 Å². The van der Waals surface area contributed by atoms with Crippen LogP contribution in [0, 0.1) is 0 Å². The standard InChI is InChI=1S/C13H11N3O/c14-7-9-3-1-2-4-10(9)13-11-5-6-15-8-12(11)17-16-13/h1-6,8H,7,14H2. The van der Waals surface area contributed by atoms with Crippen LogP contribution in [0.2, 0.25) is 0 Å². The van der Waals surface area contributed by atoms with Crippen molar-refractivity contribution in [1.82, 2.24) is 10.1 Å². The van der Waals surface area contributed by atoms with Crippen LogP contribution in [0.15, 0.2) is 47.2 Å². The number of fused-ring (bicyclic) bond motifs is 1. The third kappa shape index (κ3) is 1.59. The summed E-state index contributed by atoms with van der Waals surface area (Å²) in [5.41, 5.74) is 9.31. The van der Waals surface area contributed by atoms with Crippen LogP contribution in [0.5, 0.6) is 0 Å².